The number of benzene rings is 1. The van der Waals surface area contributed by atoms with E-state index in [9.17, 15) is 23.2 Å². The lowest BCUT2D eigenvalue weighted by Gasteiger charge is -2.06. The number of rotatable bonds is 4. The quantitative estimate of drug-likeness (QED) is 0.871. The summed E-state index contributed by atoms with van der Waals surface area (Å²) in [5.41, 5.74) is -2.06. The van der Waals surface area contributed by atoms with Crippen LogP contribution in [-0.4, -0.2) is 20.6 Å². The van der Waals surface area contributed by atoms with E-state index in [2.05, 4.69) is 0 Å². The molecule has 6 nitrogen and oxygen atoms in total. The van der Waals surface area contributed by atoms with Crippen molar-refractivity contribution in [3.63, 3.8) is 0 Å². The number of aromatic carboxylic acids is 1. The molecule has 0 unspecified atom stereocenters. The molecule has 0 atom stereocenters. The van der Waals surface area contributed by atoms with Gasteiger partial charge in [-0.1, -0.05) is 0 Å². The van der Waals surface area contributed by atoms with Crippen molar-refractivity contribution in [2.24, 2.45) is 0 Å². The van der Waals surface area contributed by atoms with Gasteiger partial charge in [-0.25, -0.2) is 18.4 Å². The van der Waals surface area contributed by atoms with Crippen molar-refractivity contribution >= 4 is 5.97 Å². The fourth-order valence-electron chi connectivity index (χ4n) is 1.83. The highest BCUT2D eigenvalue weighted by molar-refractivity contribution is 5.86. The zero-order chi connectivity index (χ0) is 15.6. The number of hydrogen-bond acceptors (Lipinski definition) is 3. The van der Waals surface area contributed by atoms with Crippen molar-refractivity contribution in [2.45, 2.75) is 13.0 Å². The van der Waals surface area contributed by atoms with Gasteiger partial charge >= 0.3 is 11.7 Å². The molecule has 1 heterocycles. The fraction of sp³-hybridized carbons (Fsp3) is 0.154. The van der Waals surface area contributed by atoms with E-state index in [1.165, 1.54) is 0 Å². The first kappa shape index (κ1) is 14.6. The smallest absolute Gasteiger partial charge is 0.342 e. The van der Waals surface area contributed by atoms with E-state index in [0.717, 1.165) is 29.0 Å². The van der Waals surface area contributed by atoms with E-state index >= 15 is 0 Å². The highest BCUT2D eigenvalue weighted by Gasteiger charge is 2.11. The van der Waals surface area contributed by atoms with E-state index in [4.69, 9.17) is 5.11 Å². The minimum atomic E-state index is -1.47. The van der Waals surface area contributed by atoms with Gasteiger partial charge in [-0.2, -0.15) is 0 Å². The molecule has 21 heavy (non-hydrogen) atoms. The standard InChI is InChI=1S/C13H10F2N2O4/c14-8-3-7(4-9(15)5-8)1-2-17-6-10(12(19)20)11(18)16-13(17)21/h3-6H,1-2H2,(H,19,20)(H,16,18,21). The van der Waals surface area contributed by atoms with Crippen LogP contribution in [-0.2, 0) is 13.0 Å². The molecule has 2 rings (SSSR count). The Morgan fingerprint density at radius 1 is 1.19 bits per heavy atom. The van der Waals surface area contributed by atoms with Crippen LogP contribution in [0.15, 0.2) is 34.0 Å². The number of carboxylic acids is 1. The topological polar surface area (TPSA) is 92.2 Å². The van der Waals surface area contributed by atoms with Crippen LogP contribution in [0.5, 0.6) is 0 Å². The molecule has 0 fully saturated rings. The summed E-state index contributed by atoms with van der Waals surface area (Å²) in [7, 11) is 0. The third kappa shape index (κ3) is 3.41. The molecule has 2 N–H and O–H groups in total. The second-order valence-electron chi connectivity index (χ2n) is 4.33. The monoisotopic (exact) mass is 296 g/mol. The number of nitrogens with one attached hydrogen (secondary N) is 1. The third-order valence-corrected chi connectivity index (χ3v) is 2.81. The second-order valence-corrected chi connectivity index (χ2v) is 4.33. The number of aromatic amines is 1. The molecule has 0 aliphatic rings. The highest BCUT2D eigenvalue weighted by atomic mass is 19.1. The SMILES string of the molecule is O=C(O)c1cn(CCc2cc(F)cc(F)c2)c(=O)[nH]c1=O. The van der Waals surface area contributed by atoms with E-state index in [0.29, 0.717) is 5.56 Å². The number of hydrogen-bond donors (Lipinski definition) is 2. The lowest BCUT2D eigenvalue weighted by atomic mass is 10.1. The summed E-state index contributed by atoms with van der Waals surface area (Å²) >= 11 is 0. The molecule has 0 radical (unpaired) electrons. The maximum absolute atomic E-state index is 13.0. The molecule has 110 valence electrons. The van der Waals surface area contributed by atoms with Crippen molar-refractivity contribution in [3.8, 4) is 0 Å². The van der Waals surface area contributed by atoms with Gasteiger partial charge < -0.3 is 5.11 Å². The molecule has 0 saturated heterocycles. The lowest BCUT2D eigenvalue weighted by Crippen LogP contribution is -2.33. The van der Waals surface area contributed by atoms with Gasteiger partial charge in [-0.3, -0.25) is 14.3 Å². The Morgan fingerprint density at radius 3 is 2.38 bits per heavy atom. The van der Waals surface area contributed by atoms with Crippen LogP contribution in [0, 0.1) is 11.6 Å². The molecule has 0 bridgehead atoms. The number of aromatic nitrogens is 2. The Morgan fingerprint density at radius 2 is 1.81 bits per heavy atom. The molecule has 0 aliphatic carbocycles. The van der Waals surface area contributed by atoms with Crippen molar-refractivity contribution in [2.75, 3.05) is 0 Å². The molecule has 8 heteroatoms. The van der Waals surface area contributed by atoms with Crippen LogP contribution in [0.1, 0.15) is 15.9 Å². The molecule has 1 aromatic heterocycles. The Kier molecular flexibility index (Phi) is 3.97. The summed E-state index contributed by atoms with van der Waals surface area (Å²) in [6.45, 7) is -0.0290. The van der Waals surface area contributed by atoms with Crippen LogP contribution in [0.25, 0.3) is 0 Å². The fourth-order valence-corrected chi connectivity index (χ4v) is 1.83. The van der Waals surface area contributed by atoms with E-state index in [-0.39, 0.29) is 13.0 Å². The van der Waals surface area contributed by atoms with Crippen molar-refractivity contribution in [3.05, 3.63) is 68.0 Å². The minimum absolute atomic E-state index is 0.0290. The summed E-state index contributed by atoms with van der Waals surface area (Å²) in [5, 5.41) is 8.80. The molecular weight excluding hydrogens is 286 g/mol. The normalized spacial score (nSPS) is 10.6. The Hall–Kier alpha value is -2.77. The maximum Gasteiger partial charge on any atom is 0.342 e. The molecule has 0 spiro atoms. The molecule has 0 saturated carbocycles. The van der Waals surface area contributed by atoms with Gasteiger partial charge in [0.15, 0.2) is 0 Å². The van der Waals surface area contributed by atoms with Gasteiger partial charge in [0.1, 0.15) is 17.2 Å². The predicted octanol–water partition coefficient (Wildman–Crippen LogP) is 0.756. The van der Waals surface area contributed by atoms with E-state index in [1.807, 2.05) is 4.98 Å². The van der Waals surface area contributed by atoms with Crippen LogP contribution in [0.2, 0.25) is 0 Å². The van der Waals surface area contributed by atoms with Gasteiger partial charge in [0.25, 0.3) is 5.56 Å². The number of carboxylic acid groups (broad SMARTS) is 1. The summed E-state index contributed by atoms with van der Waals surface area (Å²) in [5.74, 6) is -2.96. The zero-order valence-electron chi connectivity index (χ0n) is 10.6. The zero-order valence-corrected chi connectivity index (χ0v) is 10.6. The summed E-state index contributed by atoms with van der Waals surface area (Å²) < 4.78 is 27.0. The van der Waals surface area contributed by atoms with Crippen molar-refractivity contribution < 1.29 is 18.7 Å². The van der Waals surface area contributed by atoms with Gasteiger partial charge in [0.2, 0.25) is 0 Å². The lowest BCUT2D eigenvalue weighted by molar-refractivity contribution is 0.0693. The van der Waals surface area contributed by atoms with Gasteiger partial charge in [0.05, 0.1) is 0 Å². The molecule has 1 aromatic carbocycles. The summed E-state index contributed by atoms with van der Waals surface area (Å²) in [4.78, 5) is 35.5. The van der Waals surface area contributed by atoms with Crippen LogP contribution >= 0.6 is 0 Å². The average Bonchev–Trinajstić information content (AvgIpc) is 2.36. The third-order valence-electron chi connectivity index (χ3n) is 2.81. The molecule has 0 amide bonds. The molecule has 0 aliphatic heterocycles. The second kappa shape index (κ2) is 5.70. The van der Waals surface area contributed by atoms with E-state index < -0.39 is 34.4 Å². The van der Waals surface area contributed by atoms with Gasteiger partial charge in [-0.05, 0) is 24.1 Å². The first-order valence-electron chi connectivity index (χ1n) is 5.89. The first-order valence-corrected chi connectivity index (χ1v) is 5.89. The maximum atomic E-state index is 13.0. The highest BCUT2D eigenvalue weighted by Crippen LogP contribution is 2.09. The number of aryl methyl sites for hydroxylation is 2. The van der Waals surface area contributed by atoms with Crippen LogP contribution in [0.3, 0.4) is 0 Å². The summed E-state index contributed by atoms with van der Waals surface area (Å²) in [6.07, 6.45) is 0.999. The number of H-pyrrole nitrogens is 1. The van der Waals surface area contributed by atoms with Crippen molar-refractivity contribution in [1.82, 2.24) is 9.55 Å². The van der Waals surface area contributed by atoms with Crippen molar-refractivity contribution in [1.29, 1.82) is 0 Å². The Balaban J connectivity index is 2.28. The van der Waals surface area contributed by atoms with E-state index in [1.54, 1.807) is 0 Å². The first-order chi connectivity index (χ1) is 9.86. The van der Waals surface area contributed by atoms with Gasteiger partial charge in [0, 0.05) is 18.8 Å². The molecular formula is C13H10F2N2O4. The number of halogens is 2. The molecule has 2 aromatic rings. The number of nitrogens with zero attached hydrogens (tertiary/aromatic N) is 1. The summed E-state index contributed by atoms with van der Waals surface area (Å²) in [6, 6.07) is 2.94. The largest absolute Gasteiger partial charge is 0.477 e. The Bertz CT molecular complexity index is 790. The average molecular weight is 296 g/mol. The van der Waals surface area contributed by atoms with Crippen LogP contribution in [0.4, 0.5) is 8.78 Å². The van der Waals surface area contributed by atoms with Crippen LogP contribution < -0.4 is 11.2 Å². The minimum Gasteiger partial charge on any atom is -0.477 e. The Labute approximate surface area is 116 Å². The predicted molar refractivity (Wildman–Crippen MR) is 68.3 cm³/mol. The number of carbonyl (C=O) groups is 1. The van der Waals surface area contributed by atoms with Gasteiger partial charge in [-0.15, -0.1) is 0 Å².